The van der Waals surface area contributed by atoms with Crippen LogP contribution in [0.1, 0.15) is 13.8 Å². The maximum Gasteiger partial charge on any atom is 0.258 e. The Hall–Kier alpha value is -3.54. The topological polar surface area (TPSA) is 72.4 Å². The van der Waals surface area contributed by atoms with Crippen LogP contribution in [0.4, 0.5) is 5.69 Å². The molecular formula is C23H25N3O3. The number of hydrogen-bond donors (Lipinski definition) is 2. The number of aromatic nitrogens is 1. The summed E-state index contributed by atoms with van der Waals surface area (Å²) >= 11 is 0. The van der Waals surface area contributed by atoms with Crippen LogP contribution < -0.4 is 15.4 Å². The molecule has 6 heteroatoms. The van der Waals surface area contributed by atoms with Crippen molar-refractivity contribution in [3.63, 3.8) is 0 Å². The van der Waals surface area contributed by atoms with E-state index in [1.165, 1.54) is 0 Å². The minimum atomic E-state index is -0.661. The second kappa shape index (κ2) is 9.59. The Morgan fingerprint density at radius 2 is 1.59 bits per heavy atom. The van der Waals surface area contributed by atoms with Crippen molar-refractivity contribution in [3.8, 4) is 11.4 Å². The van der Waals surface area contributed by atoms with Crippen molar-refractivity contribution in [1.82, 2.24) is 9.88 Å². The zero-order valence-electron chi connectivity index (χ0n) is 16.5. The minimum Gasteiger partial charge on any atom is -0.484 e. The Kier molecular flexibility index (Phi) is 6.68. The normalized spacial score (nSPS) is 11.7. The van der Waals surface area contributed by atoms with Gasteiger partial charge in [0, 0.05) is 23.8 Å². The molecule has 0 saturated heterocycles. The van der Waals surface area contributed by atoms with Gasteiger partial charge in [-0.3, -0.25) is 9.59 Å². The Labute approximate surface area is 170 Å². The van der Waals surface area contributed by atoms with E-state index in [1.54, 1.807) is 12.1 Å². The standard InChI is InChI=1S/C23H25N3O3/c1-17(2)22(25-21(27)16-29-20-8-4-3-5-9-20)23(28)24-18-10-12-19(13-11-18)26-14-6-7-15-26/h3-15,17,22H,16H2,1-2H3,(H,24,28)(H,25,27). The lowest BCUT2D eigenvalue weighted by Gasteiger charge is -2.22. The molecule has 0 aliphatic rings. The van der Waals surface area contributed by atoms with Crippen LogP contribution in [0, 0.1) is 5.92 Å². The lowest BCUT2D eigenvalue weighted by Crippen LogP contribution is -2.48. The molecule has 29 heavy (non-hydrogen) atoms. The van der Waals surface area contributed by atoms with Crippen LogP contribution in [-0.2, 0) is 9.59 Å². The number of para-hydroxylation sites is 1. The maximum atomic E-state index is 12.7. The summed E-state index contributed by atoms with van der Waals surface area (Å²) in [6.45, 7) is 3.63. The van der Waals surface area contributed by atoms with Gasteiger partial charge in [-0.25, -0.2) is 0 Å². The van der Waals surface area contributed by atoms with Crippen LogP contribution in [0.2, 0.25) is 0 Å². The summed E-state index contributed by atoms with van der Waals surface area (Å²) in [5.41, 5.74) is 1.67. The number of rotatable bonds is 8. The zero-order valence-corrected chi connectivity index (χ0v) is 16.5. The summed E-state index contributed by atoms with van der Waals surface area (Å²) in [6, 6.07) is 19.9. The Morgan fingerprint density at radius 3 is 2.21 bits per heavy atom. The fraction of sp³-hybridized carbons (Fsp3) is 0.217. The highest BCUT2D eigenvalue weighted by atomic mass is 16.5. The fourth-order valence-electron chi connectivity index (χ4n) is 2.86. The van der Waals surface area contributed by atoms with Crippen molar-refractivity contribution < 1.29 is 14.3 Å². The largest absolute Gasteiger partial charge is 0.484 e. The van der Waals surface area contributed by atoms with Crippen LogP contribution in [0.15, 0.2) is 79.1 Å². The molecule has 3 rings (SSSR count). The molecule has 1 atom stereocenters. The molecule has 1 unspecified atom stereocenters. The number of hydrogen-bond acceptors (Lipinski definition) is 3. The van der Waals surface area contributed by atoms with Crippen molar-refractivity contribution in [2.24, 2.45) is 5.92 Å². The van der Waals surface area contributed by atoms with Crippen molar-refractivity contribution >= 4 is 17.5 Å². The third-order valence-electron chi connectivity index (χ3n) is 4.42. The summed E-state index contributed by atoms with van der Waals surface area (Å²) < 4.78 is 7.43. The molecule has 2 N–H and O–H groups in total. The lowest BCUT2D eigenvalue weighted by molar-refractivity contribution is -0.128. The van der Waals surface area contributed by atoms with Crippen molar-refractivity contribution in [2.75, 3.05) is 11.9 Å². The average Bonchev–Trinajstić information content (AvgIpc) is 3.26. The van der Waals surface area contributed by atoms with Gasteiger partial charge in [0.15, 0.2) is 6.61 Å². The Balaban J connectivity index is 1.56. The molecule has 6 nitrogen and oxygen atoms in total. The fourth-order valence-corrected chi connectivity index (χ4v) is 2.86. The number of carbonyl (C=O) groups excluding carboxylic acids is 2. The van der Waals surface area contributed by atoms with Crippen molar-refractivity contribution in [3.05, 3.63) is 79.1 Å². The molecule has 2 aromatic carbocycles. The predicted octanol–water partition coefficient (Wildman–Crippen LogP) is 3.64. The number of ether oxygens (including phenoxy) is 1. The van der Waals surface area contributed by atoms with Gasteiger partial charge in [-0.1, -0.05) is 32.0 Å². The molecule has 2 amide bonds. The second-order valence-corrected chi connectivity index (χ2v) is 7.02. The summed E-state index contributed by atoms with van der Waals surface area (Å²) in [6.07, 6.45) is 3.91. The van der Waals surface area contributed by atoms with Gasteiger partial charge in [-0.05, 0) is 54.4 Å². The van der Waals surface area contributed by atoms with Gasteiger partial charge in [-0.15, -0.1) is 0 Å². The maximum absolute atomic E-state index is 12.7. The molecule has 1 heterocycles. The zero-order chi connectivity index (χ0) is 20.6. The Morgan fingerprint density at radius 1 is 0.931 bits per heavy atom. The van der Waals surface area contributed by atoms with Crippen LogP contribution in [0.5, 0.6) is 5.75 Å². The van der Waals surface area contributed by atoms with Crippen LogP contribution in [0.3, 0.4) is 0 Å². The first kappa shape index (κ1) is 20.2. The number of anilines is 1. The number of amides is 2. The van der Waals surface area contributed by atoms with Gasteiger partial charge in [0.2, 0.25) is 5.91 Å². The number of carbonyl (C=O) groups is 2. The van der Waals surface area contributed by atoms with E-state index in [1.807, 2.05) is 85.4 Å². The van der Waals surface area contributed by atoms with E-state index >= 15 is 0 Å². The van der Waals surface area contributed by atoms with E-state index in [4.69, 9.17) is 4.74 Å². The highest BCUT2D eigenvalue weighted by molar-refractivity contribution is 5.97. The summed E-state index contributed by atoms with van der Waals surface area (Å²) in [5.74, 6) is -0.0711. The minimum absolute atomic E-state index is 0.0742. The highest BCUT2D eigenvalue weighted by Gasteiger charge is 2.24. The van der Waals surface area contributed by atoms with Gasteiger partial charge in [0.1, 0.15) is 11.8 Å². The first-order valence-electron chi connectivity index (χ1n) is 9.54. The van der Waals surface area contributed by atoms with E-state index in [0.29, 0.717) is 11.4 Å². The van der Waals surface area contributed by atoms with Crippen LogP contribution >= 0.6 is 0 Å². The predicted molar refractivity (Wildman–Crippen MR) is 113 cm³/mol. The SMILES string of the molecule is CC(C)C(NC(=O)COc1ccccc1)C(=O)Nc1ccc(-n2cccc2)cc1. The van der Waals surface area contributed by atoms with Gasteiger partial charge in [0.25, 0.3) is 5.91 Å². The van der Waals surface area contributed by atoms with Gasteiger partial charge < -0.3 is 19.9 Å². The van der Waals surface area contributed by atoms with Crippen molar-refractivity contribution in [2.45, 2.75) is 19.9 Å². The van der Waals surface area contributed by atoms with E-state index in [9.17, 15) is 9.59 Å². The summed E-state index contributed by atoms with van der Waals surface area (Å²) in [7, 11) is 0. The molecule has 1 aromatic heterocycles. The molecule has 3 aromatic rings. The van der Waals surface area contributed by atoms with Crippen LogP contribution in [-0.4, -0.2) is 29.0 Å². The monoisotopic (exact) mass is 391 g/mol. The molecule has 150 valence electrons. The molecular weight excluding hydrogens is 366 g/mol. The smallest absolute Gasteiger partial charge is 0.258 e. The summed E-state index contributed by atoms with van der Waals surface area (Å²) in [4.78, 5) is 25.0. The van der Waals surface area contributed by atoms with Gasteiger partial charge in [-0.2, -0.15) is 0 Å². The molecule has 0 aliphatic heterocycles. The quantitative estimate of drug-likeness (QED) is 0.616. The Bertz CT molecular complexity index is 920. The second-order valence-electron chi connectivity index (χ2n) is 7.02. The number of nitrogens with one attached hydrogen (secondary N) is 2. The molecule has 0 radical (unpaired) electrons. The number of nitrogens with zero attached hydrogens (tertiary/aromatic N) is 1. The molecule has 0 fully saturated rings. The number of benzene rings is 2. The third kappa shape index (κ3) is 5.72. The molecule has 0 saturated carbocycles. The summed E-state index contributed by atoms with van der Waals surface area (Å²) in [5, 5.41) is 5.63. The van der Waals surface area contributed by atoms with Gasteiger partial charge in [0.05, 0.1) is 0 Å². The van der Waals surface area contributed by atoms with Gasteiger partial charge >= 0.3 is 0 Å². The van der Waals surface area contributed by atoms with Crippen molar-refractivity contribution in [1.29, 1.82) is 0 Å². The lowest BCUT2D eigenvalue weighted by atomic mass is 10.0. The average molecular weight is 391 g/mol. The van der Waals surface area contributed by atoms with E-state index < -0.39 is 6.04 Å². The first-order chi connectivity index (χ1) is 14.0. The van der Waals surface area contributed by atoms with E-state index in [0.717, 1.165) is 5.69 Å². The molecule has 0 bridgehead atoms. The molecule has 0 spiro atoms. The van der Waals surface area contributed by atoms with Crippen LogP contribution in [0.25, 0.3) is 5.69 Å². The van der Waals surface area contributed by atoms with E-state index in [-0.39, 0.29) is 24.3 Å². The third-order valence-corrected chi connectivity index (χ3v) is 4.42. The van der Waals surface area contributed by atoms with E-state index in [2.05, 4.69) is 10.6 Å². The first-order valence-corrected chi connectivity index (χ1v) is 9.54. The molecule has 0 aliphatic carbocycles. The highest BCUT2D eigenvalue weighted by Crippen LogP contribution is 2.15.